The lowest BCUT2D eigenvalue weighted by Crippen LogP contribution is -2.35. The molecular weight excluding hydrogens is 196 g/mol. The van der Waals surface area contributed by atoms with Gasteiger partial charge in [-0.05, 0) is 13.3 Å². The Bertz CT molecular complexity index is 349. The monoisotopic (exact) mass is 210 g/mol. The highest BCUT2D eigenvalue weighted by atomic mass is 16.5. The molecule has 2 rings (SSSR count). The summed E-state index contributed by atoms with van der Waals surface area (Å²) in [5.74, 6) is 0.0539. The van der Waals surface area contributed by atoms with E-state index in [1.54, 1.807) is 6.92 Å². The lowest BCUT2D eigenvalue weighted by molar-refractivity contribution is 0.0930. The first-order valence-corrected chi connectivity index (χ1v) is 4.87. The number of nitrogen functional groups attached to an aromatic ring is 1. The largest absolute Gasteiger partial charge is 0.382 e. The fourth-order valence-corrected chi connectivity index (χ4v) is 1.64. The third-order valence-electron chi connectivity index (χ3n) is 2.47. The van der Waals surface area contributed by atoms with Crippen molar-refractivity contribution >= 4 is 11.7 Å². The molecule has 1 aliphatic rings. The van der Waals surface area contributed by atoms with Crippen LogP contribution >= 0.6 is 0 Å². The van der Waals surface area contributed by atoms with Crippen molar-refractivity contribution < 1.29 is 9.53 Å². The molecule has 1 unspecified atom stereocenters. The van der Waals surface area contributed by atoms with Gasteiger partial charge in [-0.25, -0.2) is 0 Å². The Kier molecular flexibility index (Phi) is 2.59. The number of anilines is 1. The molecule has 1 saturated heterocycles. The quantitative estimate of drug-likeness (QED) is 0.631. The molecule has 0 radical (unpaired) electrons. The van der Waals surface area contributed by atoms with Gasteiger partial charge in [0.05, 0.1) is 12.6 Å². The van der Waals surface area contributed by atoms with E-state index in [-0.39, 0.29) is 17.8 Å². The molecule has 6 nitrogen and oxygen atoms in total. The molecule has 0 bridgehead atoms. The number of aryl methyl sites for hydroxylation is 1. The number of carbonyl (C=O) groups excluding carboxylic acids is 1. The number of aromatic amines is 1. The second kappa shape index (κ2) is 3.90. The van der Waals surface area contributed by atoms with E-state index in [1.807, 2.05) is 0 Å². The Morgan fingerprint density at radius 1 is 1.73 bits per heavy atom. The molecule has 1 fully saturated rings. The summed E-state index contributed by atoms with van der Waals surface area (Å²) >= 11 is 0. The first kappa shape index (κ1) is 9.97. The molecule has 82 valence electrons. The summed E-state index contributed by atoms with van der Waals surface area (Å²) in [7, 11) is 0. The molecule has 15 heavy (non-hydrogen) atoms. The molecule has 1 amide bonds. The number of H-pyrrole nitrogens is 1. The summed E-state index contributed by atoms with van der Waals surface area (Å²) in [5.41, 5.74) is 6.70. The van der Waals surface area contributed by atoms with E-state index < -0.39 is 0 Å². The van der Waals surface area contributed by atoms with Crippen LogP contribution in [0.15, 0.2) is 0 Å². The van der Waals surface area contributed by atoms with Crippen LogP contribution < -0.4 is 11.1 Å². The van der Waals surface area contributed by atoms with Crippen molar-refractivity contribution in [2.75, 3.05) is 18.9 Å². The molecule has 1 aromatic rings. The van der Waals surface area contributed by atoms with Gasteiger partial charge in [0.25, 0.3) is 5.91 Å². The Labute approximate surface area is 87.2 Å². The maximum absolute atomic E-state index is 11.8. The molecule has 0 aliphatic carbocycles. The maximum Gasteiger partial charge on any atom is 0.257 e. The zero-order valence-electron chi connectivity index (χ0n) is 8.54. The molecule has 1 atom stereocenters. The van der Waals surface area contributed by atoms with Crippen molar-refractivity contribution in [2.24, 2.45) is 0 Å². The molecule has 6 heteroatoms. The number of nitrogens with one attached hydrogen (secondary N) is 2. The second-order valence-corrected chi connectivity index (χ2v) is 3.64. The van der Waals surface area contributed by atoms with E-state index in [1.165, 1.54) is 0 Å². The standard InChI is InChI=1S/C9H14N4O2/c1-5-7(8(10)13-12-5)9(14)11-6-2-3-15-4-6/h6H,2-4H2,1H3,(H,11,14)(H3,10,12,13). The third-order valence-corrected chi connectivity index (χ3v) is 2.47. The van der Waals surface area contributed by atoms with Gasteiger partial charge >= 0.3 is 0 Å². The third kappa shape index (κ3) is 1.94. The Hall–Kier alpha value is -1.56. The van der Waals surface area contributed by atoms with E-state index in [4.69, 9.17) is 10.5 Å². The van der Waals surface area contributed by atoms with Crippen LogP contribution in [0.5, 0.6) is 0 Å². The average Bonchev–Trinajstić information content (AvgIpc) is 2.77. The number of nitrogens with zero attached hydrogens (tertiary/aromatic N) is 1. The number of hydrogen-bond acceptors (Lipinski definition) is 4. The molecule has 0 saturated carbocycles. The minimum atomic E-state index is -0.186. The number of aromatic nitrogens is 2. The van der Waals surface area contributed by atoms with Crippen LogP contribution in [0.2, 0.25) is 0 Å². The van der Waals surface area contributed by atoms with Crippen LogP contribution in [0.3, 0.4) is 0 Å². The number of carbonyl (C=O) groups is 1. The summed E-state index contributed by atoms with van der Waals surface area (Å²) in [6.45, 7) is 3.04. The van der Waals surface area contributed by atoms with Gasteiger partial charge in [-0.1, -0.05) is 0 Å². The average molecular weight is 210 g/mol. The number of hydrogen-bond donors (Lipinski definition) is 3. The van der Waals surface area contributed by atoms with Crippen LogP contribution in [0.1, 0.15) is 22.5 Å². The lowest BCUT2D eigenvalue weighted by Gasteiger charge is -2.10. The zero-order valence-corrected chi connectivity index (χ0v) is 8.54. The number of nitrogens with two attached hydrogens (primary N) is 1. The van der Waals surface area contributed by atoms with Crippen molar-refractivity contribution in [1.29, 1.82) is 0 Å². The van der Waals surface area contributed by atoms with Crippen molar-refractivity contribution in [3.05, 3.63) is 11.3 Å². The summed E-state index contributed by atoms with van der Waals surface area (Å²) in [5, 5.41) is 9.31. The van der Waals surface area contributed by atoms with E-state index in [2.05, 4.69) is 15.5 Å². The highest BCUT2D eigenvalue weighted by molar-refractivity contribution is 5.99. The highest BCUT2D eigenvalue weighted by Gasteiger charge is 2.22. The summed E-state index contributed by atoms with van der Waals surface area (Å²) < 4.78 is 5.17. The van der Waals surface area contributed by atoms with Crippen molar-refractivity contribution in [3.63, 3.8) is 0 Å². The summed E-state index contributed by atoms with van der Waals surface area (Å²) in [6.07, 6.45) is 0.850. The lowest BCUT2D eigenvalue weighted by atomic mass is 10.2. The van der Waals surface area contributed by atoms with Gasteiger partial charge in [0.15, 0.2) is 5.82 Å². The SMILES string of the molecule is Cc1[nH]nc(N)c1C(=O)NC1CCOC1. The Morgan fingerprint density at radius 3 is 3.07 bits per heavy atom. The van der Waals surface area contributed by atoms with Crippen LogP contribution in [-0.2, 0) is 4.74 Å². The second-order valence-electron chi connectivity index (χ2n) is 3.64. The minimum Gasteiger partial charge on any atom is -0.382 e. The molecule has 0 spiro atoms. The first-order valence-electron chi connectivity index (χ1n) is 4.87. The van der Waals surface area contributed by atoms with Crippen LogP contribution in [0.4, 0.5) is 5.82 Å². The van der Waals surface area contributed by atoms with Gasteiger partial charge in [0, 0.05) is 12.3 Å². The van der Waals surface area contributed by atoms with E-state index in [0.29, 0.717) is 24.5 Å². The zero-order chi connectivity index (χ0) is 10.8. The van der Waals surface area contributed by atoms with Gasteiger partial charge in [0.1, 0.15) is 5.56 Å². The van der Waals surface area contributed by atoms with Gasteiger partial charge in [-0.2, -0.15) is 5.10 Å². The molecule has 1 aliphatic heterocycles. The van der Waals surface area contributed by atoms with Crippen LogP contribution in [0.25, 0.3) is 0 Å². The number of rotatable bonds is 2. The van der Waals surface area contributed by atoms with Gasteiger partial charge < -0.3 is 15.8 Å². The number of ether oxygens (including phenoxy) is 1. The summed E-state index contributed by atoms with van der Waals surface area (Å²) in [6, 6.07) is 0.0891. The molecular formula is C9H14N4O2. The molecule has 0 aromatic carbocycles. The van der Waals surface area contributed by atoms with Crippen molar-refractivity contribution in [1.82, 2.24) is 15.5 Å². The van der Waals surface area contributed by atoms with Crippen molar-refractivity contribution in [2.45, 2.75) is 19.4 Å². The maximum atomic E-state index is 11.8. The fourth-order valence-electron chi connectivity index (χ4n) is 1.64. The number of amides is 1. The Balaban J connectivity index is 2.07. The van der Waals surface area contributed by atoms with Crippen LogP contribution in [-0.4, -0.2) is 35.4 Å². The smallest absolute Gasteiger partial charge is 0.257 e. The normalized spacial score (nSPS) is 20.5. The molecule has 2 heterocycles. The highest BCUT2D eigenvalue weighted by Crippen LogP contribution is 2.13. The predicted molar refractivity (Wildman–Crippen MR) is 54.4 cm³/mol. The predicted octanol–water partition coefficient (Wildman–Crippen LogP) is -0.181. The first-order chi connectivity index (χ1) is 7.18. The summed E-state index contributed by atoms with van der Waals surface area (Å²) in [4.78, 5) is 11.8. The van der Waals surface area contributed by atoms with Crippen molar-refractivity contribution in [3.8, 4) is 0 Å². The fraction of sp³-hybridized carbons (Fsp3) is 0.556. The van der Waals surface area contributed by atoms with Crippen LogP contribution in [0, 0.1) is 6.92 Å². The van der Waals surface area contributed by atoms with E-state index >= 15 is 0 Å². The molecule has 4 N–H and O–H groups in total. The molecule has 1 aromatic heterocycles. The van der Waals surface area contributed by atoms with E-state index in [0.717, 1.165) is 6.42 Å². The van der Waals surface area contributed by atoms with Gasteiger partial charge in [0.2, 0.25) is 0 Å². The van der Waals surface area contributed by atoms with E-state index in [9.17, 15) is 4.79 Å². The van der Waals surface area contributed by atoms with Gasteiger partial charge in [-0.3, -0.25) is 9.89 Å². The Morgan fingerprint density at radius 2 is 2.53 bits per heavy atom. The minimum absolute atomic E-state index is 0.0891. The van der Waals surface area contributed by atoms with Gasteiger partial charge in [-0.15, -0.1) is 0 Å². The topological polar surface area (TPSA) is 93.0 Å².